The van der Waals surface area contributed by atoms with Crippen LogP contribution in [0.2, 0.25) is 0 Å². The topological polar surface area (TPSA) is 94.1 Å². The van der Waals surface area contributed by atoms with E-state index in [9.17, 15) is 32.3 Å². The number of hydrogen-bond donors (Lipinski definition) is 3. The van der Waals surface area contributed by atoms with Gasteiger partial charge in [-0.3, -0.25) is 9.69 Å². The third kappa shape index (κ3) is 8.70. The van der Waals surface area contributed by atoms with Gasteiger partial charge in [0, 0.05) is 42.5 Å². The van der Waals surface area contributed by atoms with Crippen LogP contribution in [0, 0.1) is 11.7 Å². The molecule has 44 heavy (non-hydrogen) atoms. The Morgan fingerprint density at radius 3 is 2.34 bits per heavy atom. The van der Waals surface area contributed by atoms with Gasteiger partial charge >= 0.3 is 12.2 Å². The van der Waals surface area contributed by atoms with Gasteiger partial charge in [-0.2, -0.15) is 13.2 Å². The first-order valence-corrected chi connectivity index (χ1v) is 14.2. The summed E-state index contributed by atoms with van der Waals surface area (Å²) in [7, 11) is 1.84. The highest BCUT2D eigenvalue weighted by Crippen LogP contribution is 2.31. The first-order chi connectivity index (χ1) is 20.8. The molecule has 0 saturated carbocycles. The molecule has 1 aliphatic heterocycles. The summed E-state index contributed by atoms with van der Waals surface area (Å²) in [6.07, 6.45) is -4.86. The summed E-state index contributed by atoms with van der Waals surface area (Å²) >= 11 is 0. The van der Waals surface area contributed by atoms with Gasteiger partial charge in [-0.15, -0.1) is 0 Å². The van der Waals surface area contributed by atoms with Crippen LogP contribution in [-0.4, -0.2) is 65.7 Å². The molecule has 236 valence electrons. The summed E-state index contributed by atoms with van der Waals surface area (Å²) in [6.45, 7) is 4.57. The number of amides is 3. The maximum absolute atomic E-state index is 13.4. The zero-order chi connectivity index (χ0) is 32.0. The number of hydrogen-bond acceptors (Lipinski definition) is 5. The molecular formula is C32H36F4N4O4. The third-order valence-electron chi connectivity index (χ3n) is 7.50. The number of likely N-dealkylation sites (N-methyl/N-ethyl adjacent to an activating group) is 1. The van der Waals surface area contributed by atoms with E-state index in [1.54, 1.807) is 30.0 Å². The fourth-order valence-corrected chi connectivity index (χ4v) is 5.03. The van der Waals surface area contributed by atoms with Crippen LogP contribution in [0.15, 0.2) is 66.7 Å². The van der Waals surface area contributed by atoms with E-state index in [-0.39, 0.29) is 24.9 Å². The summed E-state index contributed by atoms with van der Waals surface area (Å²) in [6, 6.07) is 14.3. The van der Waals surface area contributed by atoms with Gasteiger partial charge in [0.2, 0.25) is 5.91 Å². The van der Waals surface area contributed by atoms with Crippen molar-refractivity contribution in [3.63, 3.8) is 0 Å². The molecule has 1 aliphatic rings. The van der Waals surface area contributed by atoms with Gasteiger partial charge in [-0.05, 0) is 74.1 Å². The highest BCUT2D eigenvalue weighted by atomic mass is 19.4. The van der Waals surface area contributed by atoms with Crippen molar-refractivity contribution in [2.75, 3.05) is 37.4 Å². The number of anilines is 2. The van der Waals surface area contributed by atoms with Gasteiger partial charge in [0.15, 0.2) is 0 Å². The predicted molar refractivity (Wildman–Crippen MR) is 159 cm³/mol. The lowest BCUT2D eigenvalue weighted by atomic mass is 10.0. The average molecular weight is 617 g/mol. The monoisotopic (exact) mass is 616 g/mol. The fourth-order valence-electron chi connectivity index (χ4n) is 5.03. The number of halogens is 4. The second kappa shape index (κ2) is 14.1. The quantitative estimate of drug-likeness (QED) is 0.280. The first-order valence-electron chi connectivity index (χ1n) is 14.2. The molecule has 4 rings (SSSR count). The molecule has 3 amide bonds. The lowest BCUT2D eigenvalue weighted by Gasteiger charge is -2.34. The smallest absolute Gasteiger partial charge is 0.416 e. The minimum Gasteiger partial charge on any atom is -0.488 e. The zero-order valence-corrected chi connectivity index (χ0v) is 24.7. The number of ether oxygens (including phenoxy) is 1. The van der Waals surface area contributed by atoms with E-state index in [1.807, 2.05) is 18.9 Å². The lowest BCUT2D eigenvalue weighted by molar-refractivity contribution is -0.137. The van der Waals surface area contributed by atoms with Crippen molar-refractivity contribution >= 4 is 23.3 Å². The number of fused-ring (bicyclic) bond motifs is 1. The first kappa shape index (κ1) is 32.7. The highest BCUT2D eigenvalue weighted by Gasteiger charge is 2.32. The number of carbonyl (C=O) groups is 2. The number of nitrogens with zero attached hydrogens (tertiary/aromatic N) is 2. The SMILES string of the molecule is C[C@@H]1CN([C@@H](C)CO)C(=O)Cc2cc(NC(=O)Nc3ccc(F)cc3)ccc2O[C@@H]1CN(C)Cc1ccc(C(F)(F)F)cc1. The highest BCUT2D eigenvalue weighted by molar-refractivity contribution is 5.99. The van der Waals surface area contributed by atoms with E-state index < -0.39 is 35.7 Å². The Bertz CT molecular complexity index is 1430. The molecule has 3 aromatic carbocycles. The number of aliphatic hydroxyl groups excluding tert-OH is 1. The summed E-state index contributed by atoms with van der Waals surface area (Å²) in [5.41, 5.74) is 1.34. The molecule has 0 radical (unpaired) electrons. The Kier molecular flexibility index (Phi) is 10.5. The van der Waals surface area contributed by atoms with E-state index in [4.69, 9.17) is 4.74 Å². The third-order valence-corrected chi connectivity index (χ3v) is 7.50. The molecule has 8 nitrogen and oxygen atoms in total. The number of carbonyl (C=O) groups excluding carboxylic acids is 2. The van der Waals surface area contributed by atoms with Crippen LogP contribution in [-0.2, 0) is 23.9 Å². The number of benzene rings is 3. The summed E-state index contributed by atoms with van der Waals surface area (Å²) in [5.74, 6) is -0.356. The van der Waals surface area contributed by atoms with Crippen molar-refractivity contribution < 1.29 is 37.0 Å². The number of urea groups is 1. The Morgan fingerprint density at radius 2 is 1.70 bits per heavy atom. The molecule has 3 aromatic rings. The molecule has 1 heterocycles. The van der Waals surface area contributed by atoms with E-state index in [1.165, 1.54) is 36.4 Å². The van der Waals surface area contributed by atoms with Crippen molar-refractivity contribution in [2.24, 2.45) is 5.92 Å². The Hall–Kier alpha value is -4.16. The molecule has 0 aliphatic carbocycles. The van der Waals surface area contributed by atoms with Crippen LogP contribution < -0.4 is 15.4 Å². The van der Waals surface area contributed by atoms with Crippen molar-refractivity contribution in [3.05, 3.63) is 89.2 Å². The summed E-state index contributed by atoms with van der Waals surface area (Å²) < 4.78 is 58.6. The van der Waals surface area contributed by atoms with Crippen molar-refractivity contribution in [2.45, 2.75) is 45.1 Å². The van der Waals surface area contributed by atoms with Crippen molar-refractivity contribution in [1.82, 2.24) is 9.80 Å². The predicted octanol–water partition coefficient (Wildman–Crippen LogP) is 5.77. The largest absolute Gasteiger partial charge is 0.488 e. The van der Waals surface area contributed by atoms with Gasteiger partial charge in [0.05, 0.1) is 24.6 Å². The van der Waals surface area contributed by atoms with E-state index in [0.717, 1.165) is 12.1 Å². The molecule has 0 saturated heterocycles. The molecule has 0 fully saturated rings. The zero-order valence-electron chi connectivity index (χ0n) is 24.7. The van der Waals surface area contributed by atoms with Crippen LogP contribution in [0.5, 0.6) is 5.75 Å². The van der Waals surface area contributed by atoms with Crippen molar-refractivity contribution in [1.29, 1.82) is 0 Å². The number of alkyl halides is 3. The number of aliphatic hydroxyl groups is 1. The molecular weight excluding hydrogens is 580 g/mol. The molecule has 0 unspecified atom stereocenters. The fraction of sp³-hybridized carbons (Fsp3) is 0.375. The van der Waals surface area contributed by atoms with E-state index in [0.29, 0.717) is 47.9 Å². The Morgan fingerprint density at radius 1 is 1.07 bits per heavy atom. The van der Waals surface area contributed by atoms with Crippen LogP contribution in [0.3, 0.4) is 0 Å². The van der Waals surface area contributed by atoms with Crippen LogP contribution in [0.1, 0.15) is 30.5 Å². The molecule has 3 N–H and O–H groups in total. The van der Waals surface area contributed by atoms with Gasteiger partial charge in [0.25, 0.3) is 0 Å². The normalized spacial score (nSPS) is 18.0. The second-order valence-corrected chi connectivity index (χ2v) is 11.2. The summed E-state index contributed by atoms with van der Waals surface area (Å²) in [5, 5.41) is 15.2. The average Bonchev–Trinajstić information content (AvgIpc) is 3.01. The minimum atomic E-state index is -4.41. The van der Waals surface area contributed by atoms with Crippen LogP contribution in [0.25, 0.3) is 0 Å². The standard InChI is InChI=1S/C32H36F4N4O4/c1-20-16-40(21(2)19-41)30(42)15-23-14-27(38-31(43)37-26-10-8-25(33)9-11-26)12-13-28(23)44-29(20)18-39(3)17-22-4-6-24(7-5-22)32(34,35)36/h4-14,20-21,29,41H,15-19H2,1-3H3,(H2,37,38,43)/t20-,21+,29-/m1/s1. The van der Waals surface area contributed by atoms with E-state index >= 15 is 0 Å². The lowest BCUT2D eigenvalue weighted by Crippen LogP contribution is -2.47. The molecule has 0 bridgehead atoms. The molecule has 0 spiro atoms. The van der Waals surface area contributed by atoms with Gasteiger partial charge in [0.1, 0.15) is 17.7 Å². The maximum Gasteiger partial charge on any atom is 0.416 e. The van der Waals surface area contributed by atoms with Gasteiger partial charge < -0.3 is 25.4 Å². The molecule has 0 aromatic heterocycles. The van der Waals surface area contributed by atoms with Gasteiger partial charge in [-0.1, -0.05) is 19.1 Å². The molecule has 3 atom stereocenters. The van der Waals surface area contributed by atoms with Crippen LogP contribution in [0.4, 0.5) is 33.7 Å². The maximum atomic E-state index is 13.4. The van der Waals surface area contributed by atoms with Crippen molar-refractivity contribution in [3.8, 4) is 5.75 Å². The number of nitrogens with one attached hydrogen (secondary N) is 2. The van der Waals surface area contributed by atoms with Crippen LogP contribution >= 0.6 is 0 Å². The molecule has 12 heteroatoms. The second-order valence-electron chi connectivity index (χ2n) is 11.2. The Labute approximate surface area is 253 Å². The number of rotatable bonds is 8. The summed E-state index contributed by atoms with van der Waals surface area (Å²) in [4.78, 5) is 29.6. The minimum absolute atomic E-state index is 0.0321. The van der Waals surface area contributed by atoms with Gasteiger partial charge in [-0.25, -0.2) is 9.18 Å². The van der Waals surface area contributed by atoms with E-state index in [2.05, 4.69) is 10.6 Å². The Balaban J connectivity index is 1.54.